The van der Waals surface area contributed by atoms with E-state index in [1.54, 1.807) is 24.3 Å². The van der Waals surface area contributed by atoms with Gasteiger partial charge in [0, 0.05) is 17.3 Å². The second-order valence-corrected chi connectivity index (χ2v) is 9.17. The lowest BCUT2D eigenvalue weighted by Gasteiger charge is -2.26. The maximum atomic E-state index is 13.5. The van der Waals surface area contributed by atoms with Gasteiger partial charge in [0.05, 0.1) is 18.2 Å². The molecule has 37 heavy (non-hydrogen) atoms. The van der Waals surface area contributed by atoms with E-state index in [2.05, 4.69) is 6.92 Å². The van der Waals surface area contributed by atoms with Gasteiger partial charge in [0.2, 0.25) is 0 Å². The van der Waals surface area contributed by atoms with Crippen molar-refractivity contribution < 1.29 is 19.4 Å². The number of ether oxygens (including phenoxy) is 1. The van der Waals surface area contributed by atoms with Crippen LogP contribution in [0.15, 0.2) is 96.6 Å². The molecular weight excluding hydrogens is 462 g/mol. The maximum Gasteiger partial charge on any atom is 0.300 e. The summed E-state index contributed by atoms with van der Waals surface area (Å²) in [5, 5.41) is 13.4. The number of hydrogen-bond acceptors (Lipinski definition) is 4. The van der Waals surface area contributed by atoms with Crippen LogP contribution >= 0.6 is 0 Å². The Morgan fingerprint density at radius 3 is 2.35 bits per heavy atom. The molecule has 0 aromatic heterocycles. The molecule has 5 heteroatoms. The highest BCUT2D eigenvalue weighted by atomic mass is 16.5. The Hall–Kier alpha value is -4.38. The number of Topliss-reactive ketones (excluding diaryl/α,β-unsaturated/α-hetero) is 1. The predicted octanol–water partition coefficient (Wildman–Crippen LogP) is 6.82. The zero-order chi connectivity index (χ0) is 25.9. The Morgan fingerprint density at radius 2 is 1.62 bits per heavy atom. The Bertz CT molecular complexity index is 1500. The summed E-state index contributed by atoms with van der Waals surface area (Å²) in [6, 6.07) is 27.6. The second-order valence-electron chi connectivity index (χ2n) is 9.17. The lowest BCUT2D eigenvalue weighted by molar-refractivity contribution is -0.132. The molecule has 1 amide bonds. The van der Waals surface area contributed by atoms with Gasteiger partial charge in [0.15, 0.2) is 0 Å². The molecule has 0 saturated carbocycles. The number of aryl methyl sites for hydroxylation is 1. The van der Waals surface area contributed by atoms with E-state index in [0.717, 1.165) is 34.7 Å². The molecule has 1 heterocycles. The third-order valence-corrected chi connectivity index (χ3v) is 6.74. The van der Waals surface area contributed by atoms with Crippen LogP contribution in [0.5, 0.6) is 5.75 Å². The van der Waals surface area contributed by atoms with Crippen LogP contribution in [0.2, 0.25) is 0 Å². The van der Waals surface area contributed by atoms with Gasteiger partial charge in [-0.15, -0.1) is 0 Å². The van der Waals surface area contributed by atoms with Crippen molar-refractivity contribution in [2.45, 2.75) is 32.7 Å². The van der Waals surface area contributed by atoms with Crippen LogP contribution in [-0.2, 0) is 16.0 Å². The van der Waals surface area contributed by atoms with Gasteiger partial charge in [-0.05, 0) is 52.9 Å². The fourth-order valence-electron chi connectivity index (χ4n) is 4.79. The SMILES string of the molecule is CCCOc1cccc(N2C(=O)C(=O)/C(=C(\O)c3ccc4ccccc4c3)C2c2ccc(CC)cc2)c1. The fourth-order valence-corrected chi connectivity index (χ4v) is 4.79. The summed E-state index contributed by atoms with van der Waals surface area (Å²) in [6.07, 6.45) is 1.72. The van der Waals surface area contributed by atoms with Gasteiger partial charge in [-0.3, -0.25) is 14.5 Å². The summed E-state index contributed by atoms with van der Waals surface area (Å²) < 4.78 is 5.79. The van der Waals surface area contributed by atoms with Crippen LogP contribution in [0.4, 0.5) is 5.69 Å². The number of carbonyl (C=O) groups excluding carboxylic acids is 2. The van der Waals surface area contributed by atoms with Crippen LogP contribution < -0.4 is 9.64 Å². The molecule has 1 N–H and O–H groups in total. The lowest BCUT2D eigenvalue weighted by Crippen LogP contribution is -2.29. The molecule has 1 fully saturated rings. The van der Waals surface area contributed by atoms with Crippen molar-refractivity contribution in [1.29, 1.82) is 0 Å². The molecule has 1 aliphatic heterocycles. The topological polar surface area (TPSA) is 66.8 Å². The van der Waals surface area contributed by atoms with Gasteiger partial charge >= 0.3 is 0 Å². The lowest BCUT2D eigenvalue weighted by atomic mass is 9.93. The van der Waals surface area contributed by atoms with Gasteiger partial charge < -0.3 is 9.84 Å². The highest BCUT2D eigenvalue weighted by Gasteiger charge is 2.47. The first-order valence-corrected chi connectivity index (χ1v) is 12.6. The average Bonchev–Trinajstić information content (AvgIpc) is 3.21. The molecule has 0 aliphatic carbocycles. The number of amides is 1. The summed E-state index contributed by atoms with van der Waals surface area (Å²) in [6.45, 7) is 4.64. The van der Waals surface area contributed by atoms with Gasteiger partial charge in [-0.25, -0.2) is 0 Å². The summed E-state index contributed by atoms with van der Waals surface area (Å²) in [5.41, 5.74) is 3.00. The molecule has 1 unspecified atom stereocenters. The Balaban J connectivity index is 1.68. The smallest absolute Gasteiger partial charge is 0.300 e. The number of aliphatic hydroxyl groups is 1. The molecule has 4 aromatic rings. The van der Waals surface area contributed by atoms with Crippen molar-refractivity contribution in [3.8, 4) is 5.75 Å². The van der Waals surface area contributed by atoms with Crippen LogP contribution in [-0.4, -0.2) is 23.4 Å². The number of carbonyl (C=O) groups is 2. The number of fused-ring (bicyclic) bond motifs is 1. The number of aliphatic hydroxyl groups excluding tert-OH is 1. The third kappa shape index (κ3) is 4.60. The van der Waals surface area contributed by atoms with Crippen molar-refractivity contribution in [1.82, 2.24) is 0 Å². The number of hydrogen-bond donors (Lipinski definition) is 1. The number of rotatable bonds is 7. The van der Waals surface area contributed by atoms with E-state index in [1.807, 2.05) is 73.7 Å². The molecule has 4 aromatic carbocycles. The molecule has 0 radical (unpaired) electrons. The van der Waals surface area contributed by atoms with Crippen LogP contribution in [0.25, 0.3) is 16.5 Å². The fraction of sp³-hybridized carbons (Fsp3) is 0.188. The molecular formula is C32H29NO4. The van der Waals surface area contributed by atoms with Crippen molar-refractivity contribution in [3.05, 3.63) is 113 Å². The van der Waals surface area contributed by atoms with Crippen molar-refractivity contribution in [3.63, 3.8) is 0 Å². The van der Waals surface area contributed by atoms with Crippen molar-refractivity contribution in [2.75, 3.05) is 11.5 Å². The van der Waals surface area contributed by atoms with E-state index in [0.29, 0.717) is 23.6 Å². The maximum absolute atomic E-state index is 13.5. The minimum atomic E-state index is -0.779. The first-order chi connectivity index (χ1) is 18.0. The second kappa shape index (κ2) is 10.3. The van der Waals surface area contributed by atoms with Gasteiger partial charge in [-0.1, -0.05) is 80.6 Å². The summed E-state index contributed by atoms with van der Waals surface area (Å²) in [4.78, 5) is 28.4. The summed E-state index contributed by atoms with van der Waals surface area (Å²) >= 11 is 0. The average molecular weight is 492 g/mol. The van der Waals surface area contributed by atoms with Crippen LogP contribution in [0, 0.1) is 0 Å². The molecule has 186 valence electrons. The first kappa shape index (κ1) is 24.3. The molecule has 1 atom stereocenters. The molecule has 5 nitrogen and oxygen atoms in total. The summed E-state index contributed by atoms with van der Waals surface area (Å²) in [5.74, 6) is -0.958. The predicted molar refractivity (Wildman–Crippen MR) is 147 cm³/mol. The quantitative estimate of drug-likeness (QED) is 0.175. The number of benzene rings is 4. The minimum Gasteiger partial charge on any atom is -0.507 e. The molecule has 1 saturated heterocycles. The Kier molecular flexibility index (Phi) is 6.78. The zero-order valence-corrected chi connectivity index (χ0v) is 21.0. The van der Waals surface area contributed by atoms with Gasteiger partial charge in [0.25, 0.3) is 11.7 Å². The first-order valence-electron chi connectivity index (χ1n) is 12.6. The Morgan fingerprint density at radius 1 is 0.865 bits per heavy atom. The highest BCUT2D eigenvalue weighted by molar-refractivity contribution is 6.51. The Labute approximate surface area is 216 Å². The van der Waals surface area contributed by atoms with Gasteiger partial charge in [-0.2, -0.15) is 0 Å². The van der Waals surface area contributed by atoms with E-state index in [1.165, 1.54) is 4.90 Å². The molecule has 0 bridgehead atoms. The minimum absolute atomic E-state index is 0.0735. The van der Waals surface area contributed by atoms with Crippen LogP contribution in [0.3, 0.4) is 0 Å². The van der Waals surface area contributed by atoms with E-state index in [-0.39, 0.29) is 11.3 Å². The standard InChI is InChI=1S/C32H29NO4/c1-3-18-37-27-11-7-10-26(20-27)33-29(23-14-12-21(4-2)13-15-23)28(31(35)32(33)36)30(34)25-17-16-22-8-5-6-9-24(22)19-25/h5-17,19-20,29,34H,3-4,18H2,1-2H3/b30-28-. The van der Waals surface area contributed by atoms with E-state index in [9.17, 15) is 14.7 Å². The molecule has 0 spiro atoms. The van der Waals surface area contributed by atoms with Gasteiger partial charge in [0.1, 0.15) is 11.5 Å². The largest absolute Gasteiger partial charge is 0.507 e. The molecule has 5 rings (SSSR count). The zero-order valence-electron chi connectivity index (χ0n) is 21.0. The number of nitrogens with zero attached hydrogens (tertiary/aromatic N) is 1. The molecule has 1 aliphatic rings. The van der Waals surface area contributed by atoms with E-state index in [4.69, 9.17) is 4.74 Å². The summed E-state index contributed by atoms with van der Waals surface area (Å²) in [7, 11) is 0. The number of anilines is 1. The van der Waals surface area contributed by atoms with Crippen molar-refractivity contribution in [2.24, 2.45) is 0 Å². The normalized spacial score (nSPS) is 16.9. The monoisotopic (exact) mass is 491 g/mol. The highest BCUT2D eigenvalue weighted by Crippen LogP contribution is 2.43. The van der Waals surface area contributed by atoms with E-state index >= 15 is 0 Å². The van der Waals surface area contributed by atoms with E-state index < -0.39 is 17.7 Å². The van der Waals surface area contributed by atoms with Crippen molar-refractivity contribution >= 4 is 33.9 Å². The number of ketones is 1. The van der Waals surface area contributed by atoms with Crippen LogP contribution in [0.1, 0.15) is 43.0 Å². The third-order valence-electron chi connectivity index (χ3n) is 6.74.